The Labute approximate surface area is 121 Å². The highest BCUT2D eigenvalue weighted by molar-refractivity contribution is 5.32. The molecule has 1 N–H and O–H groups in total. The molecular weight excluding hydrogens is 253 g/mol. The predicted molar refractivity (Wildman–Crippen MR) is 80.5 cm³/mol. The van der Waals surface area contributed by atoms with E-state index in [9.17, 15) is 4.39 Å². The molecule has 0 aromatic heterocycles. The lowest BCUT2D eigenvalue weighted by Crippen LogP contribution is -2.19. The minimum absolute atomic E-state index is 0.198. The monoisotopic (exact) mass is 277 g/mol. The number of hydrogen-bond donors (Lipinski definition) is 1. The summed E-state index contributed by atoms with van der Waals surface area (Å²) in [5, 5.41) is 3.43. The van der Waals surface area contributed by atoms with Gasteiger partial charge in [0.1, 0.15) is 0 Å². The van der Waals surface area contributed by atoms with Gasteiger partial charge in [0.05, 0.1) is 6.61 Å². The van der Waals surface area contributed by atoms with E-state index in [2.05, 4.69) is 18.8 Å². The summed E-state index contributed by atoms with van der Waals surface area (Å²) in [6.07, 6.45) is 6.43. The van der Waals surface area contributed by atoms with Crippen molar-refractivity contribution in [2.75, 3.05) is 13.2 Å². The average Bonchev–Trinajstić information content (AvgIpc) is 3.26. The molecule has 1 aliphatic carbocycles. The smallest absolute Gasteiger partial charge is 0.165 e. The SMILES string of the molecule is C=CCCCNC(C)c1ccc(F)c(OCC2CC2)c1. The Balaban J connectivity index is 1.88. The molecule has 0 aliphatic heterocycles. The van der Waals surface area contributed by atoms with Crippen molar-refractivity contribution in [2.24, 2.45) is 5.92 Å². The fourth-order valence-electron chi connectivity index (χ4n) is 2.07. The number of unbranched alkanes of at least 4 members (excludes halogenated alkanes) is 1. The van der Waals surface area contributed by atoms with Crippen molar-refractivity contribution in [1.29, 1.82) is 0 Å². The van der Waals surface area contributed by atoms with Gasteiger partial charge in [-0.25, -0.2) is 4.39 Å². The predicted octanol–water partition coefficient (Wildman–Crippen LogP) is 4.23. The normalized spacial score (nSPS) is 15.9. The first-order chi connectivity index (χ1) is 9.70. The molecule has 1 aromatic rings. The standard InChI is InChI=1S/C17H24FNO/c1-3-4-5-10-19-13(2)15-8-9-16(18)17(11-15)20-12-14-6-7-14/h3,8-9,11,13-14,19H,1,4-7,10,12H2,2H3. The van der Waals surface area contributed by atoms with Gasteiger partial charge < -0.3 is 10.1 Å². The molecule has 3 heteroatoms. The van der Waals surface area contributed by atoms with Crippen molar-refractivity contribution in [3.8, 4) is 5.75 Å². The molecule has 0 bridgehead atoms. The molecule has 2 rings (SSSR count). The number of nitrogens with one attached hydrogen (secondary N) is 1. The Hall–Kier alpha value is -1.35. The number of hydrogen-bond acceptors (Lipinski definition) is 2. The van der Waals surface area contributed by atoms with Gasteiger partial charge in [-0.3, -0.25) is 0 Å². The molecule has 1 saturated carbocycles. The average molecular weight is 277 g/mol. The highest BCUT2D eigenvalue weighted by atomic mass is 19.1. The van der Waals surface area contributed by atoms with Crippen molar-refractivity contribution >= 4 is 0 Å². The van der Waals surface area contributed by atoms with Gasteiger partial charge >= 0.3 is 0 Å². The molecule has 1 atom stereocenters. The number of halogens is 1. The molecule has 0 radical (unpaired) electrons. The third kappa shape index (κ3) is 4.64. The number of benzene rings is 1. The highest BCUT2D eigenvalue weighted by Gasteiger charge is 2.22. The molecule has 0 saturated heterocycles. The molecule has 20 heavy (non-hydrogen) atoms. The van der Waals surface area contributed by atoms with Crippen molar-refractivity contribution in [1.82, 2.24) is 5.32 Å². The van der Waals surface area contributed by atoms with Crippen LogP contribution in [0.3, 0.4) is 0 Å². The molecule has 0 amide bonds. The van der Waals surface area contributed by atoms with Gasteiger partial charge in [0.15, 0.2) is 11.6 Å². The Morgan fingerprint density at radius 3 is 3.00 bits per heavy atom. The minimum Gasteiger partial charge on any atom is -0.490 e. The van der Waals surface area contributed by atoms with Crippen LogP contribution in [-0.4, -0.2) is 13.2 Å². The van der Waals surface area contributed by atoms with Crippen LogP contribution in [0.5, 0.6) is 5.75 Å². The third-order valence-electron chi connectivity index (χ3n) is 3.66. The molecule has 1 aromatic carbocycles. The lowest BCUT2D eigenvalue weighted by atomic mass is 10.1. The van der Waals surface area contributed by atoms with E-state index in [0.717, 1.165) is 24.9 Å². The second kappa shape index (κ2) is 7.44. The van der Waals surface area contributed by atoms with E-state index in [-0.39, 0.29) is 11.9 Å². The molecule has 1 unspecified atom stereocenters. The Kier molecular flexibility index (Phi) is 5.60. The molecule has 0 heterocycles. The first-order valence-electron chi connectivity index (χ1n) is 7.47. The molecular formula is C17H24FNO. The van der Waals surface area contributed by atoms with Gasteiger partial charge in [-0.15, -0.1) is 6.58 Å². The van der Waals surface area contributed by atoms with Crippen LogP contribution in [0, 0.1) is 11.7 Å². The van der Waals surface area contributed by atoms with E-state index in [1.165, 1.54) is 18.9 Å². The number of ether oxygens (including phenoxy) is 1. The van der Waals surface area contributed by atoms with Gasteiger partial charge in [0, 0.05) is 6.04 Å². The molecule has 110 valence electrons. The number of allylic oxidation sites excluding steroid dienone is 1. The maximum Gasteiger partial charge on any atom is 0.165 e. The summed E-state index contributed by atoms with van der Waals surface area (Å²) in [5.74, 6) is 0.745. The van der Waals surface area contributed by atoms with Crippen LogP contribution in [0.4, 0.5) is 4.39 Å². The molecule has 1 aliphatic rings. The lowest BCUT2D eigenvalue weighted by molar-refractivity contribution is 0.284. The van der Waals surface area contributed by atoms with Crippen LogP contribution in [-0.2, 0) is 0 Å². The molecule has 1 fully saturated rings. The molecule has 0 spiro atoms. The topological polar surface area (TPSA) is 21.3 Å². The second-order valence-electron chi connectivity index (χ2n) is 5.55. The quantitative estimate of drug-likeness (QED) is 0.538. The van der Waals surface area contributed by atoms with Crippen LogP contribution < -0.4 is 10.1 Å². The summed E-state index contributed by atoms with van der Waals surface area (Å²) < 4.78 is 19.3. The van der Waals surface area contributed by atoms with Crippen molar-refractivity contribution in [2.45, 2.75) is 38.6 Å². The fourth-order valence-corrected chi connectivity index (χ4v) is 2.07. The fraction of sp³-hybridized carbons (Fsp3) is 0.529. The van der Waals surface area contributed by atoms with Crippen molar-refractivity contribution < 1.29 is 9.13 Å². The Morgan fingerprint density at radius 2 is 2.30 bits per heavy atom. The van der Waals surface area contributed by atoms with Crippen LogP contribution in [0.2, 0.25) is 0 Å². The van der Waals surface area contributed by atoms with Crippen molar-refractivity contribution in [3.63, 3.8) is 0 Å². The summed E-state index contributed by atoms with van der Waals surface area (Å²) in [4.78, 5) is 0. The highest BCUT2D eigenvalue weighted by Crippen LogP contribution is 2.31. The zero-order valence-corrected chi connectivity index (χ0v) is 12.2. The van der Waals surface area contributed by atoms with E-state index in [1.54, 1.807) is 0 Å². The van der Waals surface area contributed by atoms with Crippen LogP contribution in [0.15, 0.2) is 30.9 Å². The lowest BCUT2D eigenvalue weighted by Gasteiger charge is -2.16. The van der Waals surface area contributed by atoms with E-state index >= 15 is 0 Å². The van der Waals surface area contributed by atoms with Gasteiger partial charge in [0.2, 0.25) is 0 Å². The molecule has 2 nitrogen and oxygen atoms in total. The minimum atomic E-state index is -0.270. The summed E-state index contributed by atoms with van der Waals surface area (Å²) in [6, 6.07) is 5.34. The van der Waals surface area contributed by atoms with E-state index in [1.807, 2.05) is 18.2 Å². The Bertz CT molecular complexity index is 443. The second-order valence-corrected chi connectivity index (χ2v) is 5.55. The van der Waals surface area contributed by atoms with E-state index in [4.69, 9.17) is 4.74 Å². The van der Waals surface area contributed by atoms with Gasteiger partial charge in [-0.1, -0.05) is 12.1 Å². The zero-order valence-electron chi connectivity index (χ0n) is 12.2. The van der Waals surface area contributed by atoms with E-state index in [0.29, 0.717) is 18.3 Å². The summed E-state index contributed by atoms with van der Waals surface area (Å²) in [6.45, 7) is 7.37. The van der Waals surface area contributed by atoms with Crippen molar-refractivity contribution in [3.05, 3.63) is 42.2 Å². The largest absolute Gasteiger partial charge is 0.490 e. The maximum atomic E-state index is 13.7. The maximum absolute atomic E-state index is 13.7. The van der Waals surface area contributed by atoms with Crippen LogP contribution >= 0.6 is 0 Å². The Morgan fingerprint density at radius 1 is 1.50 bits per heavy atom. The van der Waals surface area contributed by atoms with Crippen LogP contribution in [0.1, 0.15) is 44.2 Å². The third-order valence-corrected chi connectivity index (χ3v) is 3.66. The first kappa shape index (κ1) is 15.0. The van der Waals surface area contributed by atoms with Crippen LogP contribution in [0.25, 0.3) is 0 Å². The van der Waals surface area contributed by atoms with Gasteiger partial charge in [-0.05, 0) is 62.8 Å². The first-order valence-corrected chi connectivity index (χ1v) is 7.47. The summed E-state index contributed by atoms with van der Waals surface area (Å²) in [5.41, 5.74) is 1.07. The number of rotatable bonds is 9. The van der Waals surface area contributed by atoms with E-state index < -0.39 is 0 Å². The summed E-state index contributed by atoms with van der Waals surface area (Å²) >= 11 is 0. The summed E-state index contributed by atoms with van der Waals surface area (Å²) in [7, 11) is 0. The van der Waals surface area contributed by atoms with Gasteiger partial charge in [-0.2, -0.15) is 0 Å². The zero-order chi connectivity index (χ0) is 14.4. The van der Waals surface area contributed by atoms with Gasteiger partial charge in [0.25, 0.3) is 0 Å².